The van der Waals surface area contributed by atoms with Gasteiger partial charge in [-0.2, -0.15) is 4.80 Å². The largest absolute Gasteiger partial charge is 0.327 e. The molecule has 2 atom stereocenters. The first kappa shape index (κ1) is 8.13. The summed E-state index contributed by atoms with van der Waals surface area (Å²) in [6.45, 7) is 3.92. The summed E-state index contributed by atoms with van der Waals surface area (Å²) in [6, 6.07) is 0.0687. The maximum Gasteiger partial charge on any atom is 0.179 e. The molecule has 1 heterocycles. The molecule has 2 N–H and O–H groups in total. The van der Waals surface area contributed by atoms with Gasteiger partial charge in [0, 0.05) is 12.0 Å². The van der Waals surface area contributed by atoms with Crippen molar-refractivity contribution in [1.82, 2.24) is 20.2 Å². The number of aryl methyl sites for hydroxylation is 1. The molecule has 0 saturated heterocycles. The number of rotatable bonds is 2. The number of nitrogens with two attached hydrogens (primary N) is 1. The maximum atomic E-state index is 5.66. The summed E-state index contributed by atoms with van der Waals surface area (Å²) in [5.41, 5.74) is 5.66. The summed E-state index contributed by atoms with van der Waals surface area (Å²) in [4.78, 5) is 1.44. The fourth-order valence-electron chi connectivity index (χ4n) is 0.716. The van der Waals surface area contributed by atoms with Crippen molar-refractivity contribution in [2.75, 3.05) is 0 Å². The van der Waals surface area contributed by atoms with E-state index >= 15 is 0 Å². The minimum Gasteiger partial charge on any atom is -0.327 e. The summed E-state index contributed by atoms with van der Waals surface area (Å²) in [6.07, 6.45) is 0. The van der Waals surface area contributed by atoms with Crippen molar-refractivity contribution >= 4 is 0 Å². The van der Waals surface area contributed by atoms with Gasteiger partial charge in [0.2, 0.25) is 0 Å². The van der Waals surface area contributed by atoms with Crippen molar-refractivity contribution in [1.29, 1.82) is 0 Å². The Morgan fingerprint density at radius 3 is 2.45 bits per heavy atom. The van der Waals surface area contributed by atoms with Crippen molar-refractivity contribution in [3.63, 3.8) is 0 Å². The second kappa shape index (κ2) is 2.96. The summed E-state index contributed by atoms with van der Waals surface area (Å²) >= 11 is 0. The maximum absolute atomic E-state index is 5.66. The lowest BCUT2D eigenvalue weighted by Gasteiger charge is -2.09. The zero-order chi connectivity index (χ0) is 8.43. The molecule has 0 saturated carbocycles. The van der Waals surface area contributed by atoms with Crippen LogP contribution < -0.4 is 5.73 Å². The van der Waals surface area contributed by atoms with Crippen LogP contribution in [0.15, 0.2) is 0 Å². The van der Waals surface area contributed by atoms with Crippen LogP contribution in [0.2, 0.25) is 0 Å². The Balaban J connectivity index is 2.76. The van der Waals surface area contributed by atoms with E-state index in [1.807, 2.05) is 13.8 Å². The van der Waals surface area contributed by atoms with Crippen molar-refractivity contribution in [3.8, 4) is 0 Å². The van der Waals surface area contributed by atoms with E-state index in [2.05, 4.69) is 15.4 Å². The van der Waals surface area contributed by atoms with E-state index in [9.17, 15) is 0 Å². The number of aromatic nitrogens is 4. The van der Waals surface area contributed by atoms with Crippen molar-refractivity contribution in [2.45, 2.75) is 25.8 Å². The van der Waals surface area contributed by atoms with Gasteiger partial charge in [0.05, 0.1) is 7.05 Å². The van der Waals surface area contributed by atoms with Crippen LogP contribution in [0.4, 0.5) is 0 Å². The first-order valence-electron chi connectivity index (χ1n) is 3.60. The Kier molecular flexibility index (Phi) is 2.19. The van der Waals surface area contributed by atoms with Gasteiger partial charge >= 0.3 is 0 Å². The quantitative estimate of drug-likeness (QED) is 0.634. The topological polar surface area (TPSA) is 69.6 Å². The van der Waals surface area contributed by atoms with E-state index in [1.165, 1.54) is 4.80 Å². The Morgan fingerprint density at radius 2 is 2.09 bits per heavy atom. The van der Waals surface area contributed by atoms with Crippen molar-refractivity contribution in [2.24, 2.45) is 12.8 Å². The molecule has 0 aliphatic carbocycles. The molecule has 0 amide bonds. The predicted octanol–water partition coefficient (Wildman–Crippen LogP) is -0.339. The minimum atomic E-state index is 0.0687. The zero-order valence-electron chi connectivity index (χ0n) is 7.02. The highest BCUT2D eigenvalue weighted by Crippen LogP contribution is 2.10. The molecule has 2 unspecified atom stereocenters. The Morgan fingerprint density at radius 1 is 1.45 bits per heavy atom. The number of nitrogens with zero attached hydrogens (tertiary/aromatic N) is 4. The molecule has 5 nitrogen and oxygen atoms in total. The second-order valence-corrected chi connectivity index (χ2v) is 2.78. The summed E-state index contributed by atoms with van der Waals surface area (Å²) < 4.78 is 0. The van der Waals surface area contributed by atoms with Gasteiger partial charge in [0.15, 0.2) is 5.82 Å². The van der Waals surface area contributed by atoms with Gasteiger partial charge in [0.25, 0.3) is 0 Å². The van der Waals surface area contributed by atoms with Gasteiger partial charge in [-0.1, -0.05) is 6.92 Å². The zero-order valence-corrected chi connectivity index (χ0v) is 7.02. The first-order chi connectivity index (χ1) is 5.11. The second-order valence-electron chi connectivity index (χ2n) is 2.78. The van der Waals surface area contributed by atoms with E-state index < -0.39 is 0 Å². The van der Waals surface area contributed by atoms with Crippen LogP contribution in [0.3, 0.4) is 0 Å². The smallest absolute Gasteiger partial charge is 0.179 e. The molecule has 0 spiro atoms. The average Bonchev–Trinajstić information content (AvgIpc) is 2.34. The van der Waals surface area contributed by atoms with Crippen LogP contribution in [-0.2, 0) is 7.05 Å². The van der Waals surface area contributed by atoms with E-state index in [0.29, 0.717) is 5.82 Å². The Labute approximate surface area is 65.6 Å². The molecule has 0 aliphatic rings. The molecule has 0 aromatic carbocycles. The monoisotopic (exact) mass is 155 g/mol. The third kappa shape index (κ3) is 1.74. The molecule has 1 rings (SSSR count). The SMILES string of the molecule is CC(N)C(C)c1nnn(C)n1. The standard InChI is InChI=1S/C6H13N5/c1-4(5(2)7)6-8-10-11(3)9-6/h4-5H,7H2,1-3H3. The van der Waals surface area contributed by atoms with Crippen LogP contribution in [0.5, 0.6) is 0 Å². The Hall–Kier alpha value is -0.970. The fourth-order valence-corrected chi connectivity index (χ4v) is 0.716. The molecule has 1 aromatic rings. The van der Waals surface area contributed by atoms with Crippen LogP contribution in [-0.4, -0.2) is 26.2 Å². The molecule has 11 heavy (non-hydrogen) atoms. The third-order valence-corrected chi connectivity index (χ3v) is 1.72. The van der Waals surface area contributed by atoms with Crippen molar-refractivity contribution in [3.05, 3.63) is 5.82 Å². The highest BCUT2D eigenvalue weighted by Gasteiger charge is 2.14. The summed E-state index contributed by atoms with van der Waals surface area (Å²) in [7, 11) is 1.74. The van der Waals surface area contributed by atoms with Crippen molar-refractivity contribution < 1.29 is 0 Å². The van der Waals surface area contributed by atoms with Crippen LogP contribution in [0.1, 0.15) is 25.6 Å². The Bertz CT molecular complexity index is 229. The molecule has 5 heteroatoms. The molecular weight excluding hydrogens is 142 g/mol. The molecule has 0 fully saturated rings. The van der Waals surface area contributed by atoms with Gasteiger partial charge in [-0.15, -0.1) is 10.2 Å². The molecule has 0 radical (unpaired) electrons. The van der Waals surface area contributed by atoms with E-state index in [1.54, 1.807) is 7.05 Å². The van der Waals surface area contributed by atoms with Gasteiger partial charge in [-0.05, 0) is 12.1 Å². The van der Waals surface area contributed by atoms with Gasteiger partial charge in [0.1, 0.15) is 0 Å². The number of tetrazole rings is 1. The molecule has 1 aromatic heterocycles. The fraction of sp³-hybridized carbons (Fsp3) is 0.833. The highest BCUT2D eigenvalue weighted by atomic mass is 15.6. The number of hydrogen-bond donors (Lipinski definition) is 1. The van der Waals surface area contributed by atoms with Crippen LogP contribution in [0.25, 0.3) is 0 Å². The summed E-state index contributed by atoms with van der Waals surface area (Å²) in [5, 5.41) is 11.6. The molecule has 0 aliphatic heterocycles. The minimum absolute atomic E-state index is 0.0687. The summed E-state index contributed by atoms with van der Waals surface area (Å²) in [5.74, 6) is 0.881. The highest BCUT2D eigenvalue weighted by molar-refractivity contribution is 4.92. The molecule has 0 bridgehead atoms. The van der Waals surface area contributed by atoms with E-state index in [-0.39, 0.29) is 12.0 Å². The molecular formula is C6H13N5. The van der Waals surface area contributed by atoms with E-state index in [0.717, 1.165) is 0 Å². The van der Waals surface area contributed by atoms with Gasteiger partial charge < -0.3 is 5.73 Å². The lowest BCUT2D eigenvalue weighted by Crippen LogP contribution is -2.23. The lowest BCUT2D eigenvalue weighted by molar-refractivity contribution is 0.572. The normalized spacial score (nSPS) is 16.4. The predicted molar refractivity (Wildman–Crippen MR) is 40.9 cm³/mol. The lowest BCUT2D eigenvalue weighted by atomic mass is 10.0. The van der Waals surface area contributed by atoms with Gasteiger partial charge in [-0.3, -0.25) is 0 Å². The van der Waals surface area contributed by atoms with Crippen LogP contribution in [0, 0.1) is 0 Å². The first-order valence-corrected chi connectivity index (χ1v) is 3.60. The van der Waals surface area contributed by atoms with Gasteiger partial charge in [-0.25, -0.2) is 0 Å². The van der Waals surface area contributed by atoms with E-state index in [4.69, 9.17) is 5.73 Å². The third-order valence-electron chi connectivity index (χ3n) is 1.72. The van der Waals surface area contributed by atoms with Crippen LogP contribution >= 0.6 is 0 Å². The molecule has 62 valence electrons. The number of hydrogen-bond acceptors (Lipinski definition) is 4. The average molecular weight is 155 g/mol.